The van der Waals surface area contributed by atoms with E-state index in [-0.39, 0.29) is 0 Å². The van der Waals surface area contributed by atoms with E-state index in [1.165, 1.54) is 71.1 Å². The molecule has 2 heteroatoms. The minimum Gasteiger partial charge on any atom is -0.314 e. The molecule has 0 aromatic heterocycles. The van der Waals surface area contributed by atoms with E-state index in [9.17, 15) is 0 Å². The fourth-order valence-electron chi connectivity index (χ4n) is 4.23. The Hall–Kier alpha value is -0.0800. The van der Waals surface area contributed by atoms with Gasteiger partial charge < -0.3 is 10.2 Å². The molecule has 2 nitrogen and oxygen atoms in total. The summed E-state index contributed by atoms with van der Waals surface area (Å²) in [6.45, 7) is 14.7. The van der Waals surface area contributed by atoms with Crippen molar-refractivity contribution in [2.75, 3.05) is 26.2 Å². The quantitative estimate of drug-likeness (QED) is 0.718. The SMILES string of the molecule is CCCNC1CCC(C)(C)CC1CN(CC)CC1CCC1. The van der Waals surface area contributed by atoms with E-state index in [4.69, 9.17) is 0 Å². The number of rotatable bonds is 8. The van der Waals surface area contributed by atoms with E-state index in [1.807, 2.05) is 0 Å². The summed E-state index contributed by atoms with van der Waals surface area (Å²) >= 11 is 0. The summed E-state index contributed by atoms with van der Waals surface area (Å²) in [4.78, 5) is 2.75. The lowest BCUT2D eigenvalue weighted by Gasteiger charge is -2.44. The Balaban J connectivity index is 1.89. The molecule has 2 saturated carbocycles. The van der Waals surface area contributed by atoms with Crippen LogP contribution in [-0.2, 0) is 0 Å². The first-order valence-corrected chi connectivity index (χ1v) is 9.50. The fourth-order valence-corrected chi connectivity index (χ4v) is 4.23. The summed E-state index contributed by atoms with van der Waals surface area (Å²) in [5.74, 6) is 1.85. The second-order valence-electron chi connectivity index (χ2n) is 8.38. The summed E-state index contributed by atoms with van der Waals surface area (Å²) in [5, 5.41) is 3.84. The topological polar surface area (TPSA) is 15.3 Å². The molecule has 0 spiro atoms. The molecule has 2 aliphatic rings. The zero-order valence-electron chi connectivity index (χ0n) is 15.0. The minimum atomic E-state index is 0.547. The van der Waals surface area contributed by atoms with Crippen LogP contribution in [0.2, 0.25) is 0 Å². The molecule has 0 heterocycles. The van der Waals surface area contributed by atoms with Gasteiger partial charge in [0.05, 0.1) is 0 Å². The smallest absolute Gasteiger partial charge is 0.0108 e. The zero-order chi connectivity index (χ0) is 15.3. The molecule has 2 aliphatic carbocycles. The third-order valence-corrected chi connectivity index (χ3v) is 5.85. The van der Waals surface area contributed by atoms with Gasteiger partial charge in [-0.1, -0.05) is 34.1 Å². The summed E-state index contributed by atoms with van der Waals surface area (Å²) in [6.07, 6.45) is 9.84. The summed E-state index contributed by atoms with van der Waals surface area (Å²) in [5.41, 5.74) is 0.547. The molecule has 2 fully saturated rings. The van der Waals surface area contributed by atoms with Crippen LogP contribution in [0.5, 0.6) is 0 Å². The minimum absolute atomic E-state index is 0.547. The third-order valence-electron chi connectivity index (χ3n) is 5.85. The molecular weight excluding hydrogens is 256 g/mol. The Morgan fingerprint density at radius 1 is 1.10 bits per heavy atom. The highest BCUT2D eigenvalue weighted by Crippen LogP contribution is 2.39. The van der Waals surface area contributed by atoms with E-state index in [2.05, 4.69) is 37.9 Å². The maximum Gasteiger partial charge on any atom is 0.0108 e. The molecule has 21 heavy (non-hydrogen) atoms. The van der Waals surface area contributed by atoms with Crippen LogP contribution < -0.4 is 5.32 Å². The van der Waals surface area contributed by atoms with Crippen molar-refractivity contribution in [3.63, 3.8) is 0 Å². The van der Waals surface area contributed by atoms with Crippen molar-refractivity contribution in [1.82, 2.24) is 10.2 Å². The molecule has 2 unspecified atom stereocenters. The van der Waals surface area contributed by atoms with Gasteiger partial charge in [0.2, 0.25) is 0 Å². The lowest BCUT2D eigenvalue weighted by Crippen LogP contribution is -2.48. The maximum absolute atomic E-state index is 3.84. The molecule has 2 atom stereocenters. The lowest BCUT2D eigenvalue weighted by molar-refractivity contribution is 0.0870. The van der Waals surface area contributed by atoms with Gasteiger partial charge >= 0.3 is 0 Å². The largest absolute Gasteiger partial charge is 0.314 e. The fraction of sp³-hybridized carbons (Fsp3) is 1.00. The first-order chi connectivity index (χ1) is 10.0. The van der Waals surface area contributed by atoms with E-state index >= 15 is 0 Å². The van der Waals surface area contributed by atoms with E-state index < -0.39 is 0 Å². The van der Waals surface area contributed by atoms with Crippen LogP contribution in [0, 0.1) is 17.3 Å². The number of hydrogen-bond donors (Lipinski definition) is 1. The van der Waals surface area contributed by atoms with Gasteiger partial charge in [-0.2, -0.15) is 0 Å². The van der Waals surface area contributed by atoms with Gasteiger partial charge in [0.25, 0.3) is 0 Å². The summed E-state index contributed by atoms with van der Waals surface area (Å²) < 4.78 is 0. The van der Waals surface area contributed by atoms with Crippen LogP contribution in [0.15, 0.2) is 0 Å². The van der Waals surface area contributed by atoms with E-state index in [0.717, 1.165) is 17.9 Å². The van der Waals surface area contributed by atoms with Crippen molar-refractivity contribution in [2.45, 2.75) is 78.7 Å². The monoisotopic (exact) mass is 294 g/mol. The van der Waals surface area contributed by atoms with E-state index in [0.29, 0.717) is 5.41 Å². The Bertz CT molecular complexity index is 296. The second-order valence-corrected chi connectivity index (χ2v) is 8.38. The van der Waals surface area contributed by atoms with Gasteiger partial charge in [-0.3, -0.25) is 0 Å². The molecule has 0 radical (unpaired) electrons. The van der Waals surface area contributed by atoms with Crippen LogP contribution in [0.1, 0.15) is 72.6 Å². The summed E-state index contributed by atoms with van der Waals surface area (Å²) in [7, 11) is 0. The highest BCUT2D eigenvalue weighted by atomic mass is 15.1. The van der Waals surface area contributed by atoms with Crippen LogP contribution >= 0.6 is 0 Å². The van der Waals surface area contributed by atoms with Gasteiger partial charge in [-0.25, -0.2) is 0 Å². The van der Waals surface area contributed by atoms with Crippen molar-refractivity contribution in [1.29, 1.82) is 0 Å². The molecule has 1 N–H and O–H groups in total. The van der Waals surface area contributed by atoms with Crippen LogP contribution in [0.3, 0.4) is 0 Å². The molecular formula is C19H38N2. The van der Waals surface area contributed by atoms with Crippen molar-refractivity contribution in [3.8, 4) is 0 Å². The average molecular weight is 295 g/mol. The zero-order valence-corrected chi connectivity index (χ0v) is 15.0. The predicted molar refractivity (Wildman–Crippen MR) is 92.7 cm³/mol. The molecule has 0 aromatic rings. The van der Waals surface area contributed by atoms with Gasteiger partial charge in [-0.05, 0) is 68.9 Å². The normalized spacial score (nSPS) is 29.6. The number of nitrogens with one attached hydrogen (secondary N) is 1. The number of nitrogens with zero attached hydrogens (tertiary/aromatic N) is 1. The van der Waals surface area contributed by atoms with Crippen LogP contribution in [-0.4, -0.2) is 37.1 Å². The van der Waals surface area contributed by atoms with Crippen molar-refractivity contribution >= 4 is 0 Å². The standard InChI is InChI=1S/C19H38N2/c1-5-12-20-18-10-11-19(3,4)13-17(18)15-21(6-2)14-16-8-7-9-16/h16-18,20H,5-15H2,1-4H3. The van der Waals surface area contributed by atoms with Gasteiger partial charge in [0.15, 0.2) is 0 Å². The van der Waals surface area contributed by atoms with Crippen LogP contribution in [0.25, 0.3) is 0 Å². The van der Waals surface area contributed by atoms with Gasteiger partial charge in [-0.15, -0.1) is 0 Å². The Kier molecular flexibility index (Phi) is 6.55. The lowest BCUT2D eigenvalue weighted by atomic mass is 9.69. The number of hydrogen-bond acceptors (Lipinski definition) is 2. The second kappa shape index (κ2) is 7.97. The van der Waals surface area contributed by atoms with Crippen molar-refractivity contribution in [3.05, 3.63) is 0 Å². The third kappa shape index (κ3) is 5.25. The first kappa shape index (κ1) is 17.3. The maximum atomic E-state index is 3.84. The Morgan fingerprint density at radius 2 is 1.86 bits per heavy atom. The van der Waals surface area contributed by atoms with Gasteiger partial charge in [0.1, 0.15) is 0 Å². The van der Waals surface area contributed by atoms with Crippen molar-refractivity contribution < 1.29 is 0 Å². The first-order valence-electron chi connectivity index (χ1n) is 9.50. The molecule has 0 aliphatic heterocycles. The Morgan fingerprint density at radius 3 is 2.43 bits per heavy atom. The molecule has 0 amide bonds. The van der Waals surface area contributed by atoms with Gasteiger partial charge in [0, 0.05) is 19.1 Å². The molecule has 0 bridgehead atoms. The highest BCUT2D eigenvalue weighted by Gasteiger charge is 2.35. The summed E-state index contributed by atoms with van der Waals surface area (Å²) in [6, 6.07) is 0.758. The molecule has 2 rings (SSSR count). The Labute approximate surface area is 133 Å². The van der Waals surface area contributed by atoms with E-state index in [1.54, 1.807) is 0 Å². The average Bonchev–Trinajstić information content (AvgIpc) is 2.39. The van der Waals surface area contributed by atoms with Crippen LogP contribution in [0.4, 0.5) is 0 Å². The predicted octanol–water partition coefficient (Wildman–Crippen LogP) is 4.30. The molecule has 124 valence electrons. The molecule has 0 saturated heterocycles. The highest BCUT2D eigenvalue weighted by molar-refractivity contribution is 4.90. The van der Waals surface area contributed by atoms with Crippen molar-refractivity contribution in [2.24, 2.45) is 17.3 Å². The molecule has 0 aromatic carbocycles.